The first-order valence-corrected chi connectivity index (χ1v) is 12.5. The van der Waals surface area contributed by atoms with Crippen molar-refractivity contribution in [2.24, 2.45) is 0 Å². The predicted molar refractivity (Wildman–Crippen MR) is 137 cm³/mol. The molecule has 0 amide bonds. The summed E-state index contributed by atoms with van der Waals surface area (Å²) in [6, 6.07) is 17.4. The lowest BCUT2D eigenvalue weighted by Crippen LogP contribution is -2.33. The molecule has 0 saturated carbocycles. The van der Waals surface area contributed by atoms with E-state index in [0.717, 1.165) is 47.6 Å². The Morgan fingerprint density at radius 2 is 1.74 bits per heavy atom. The number of hydrogen-bond donors (Lipinski definition) is 1. The van der Waals surface area contributed by atoms with E-state index in [1.165, 1.54) is 0 Å². The van der Waals surface area contributed by atoms with Gasteiger partial charge in [0.25, 0.3) is 0 Å². The van der Waals surface area contributed by atoms with Crippen molar-refractivity contribution in [3.05, 3.63) is 81.9 Å². The molecule has 0 fully saturated rings. The number of halogens is 2. The van der Waals surface area contributed by atoms with E-state index in [0.29, 0.717) is 34.5 Å². The van der Waals surface area contributed by atoms with Gasteiger partial charge in [-0.15, -0.1) is 11.6 Å². The molecule has 0 aliphatic carbocycles. The Kier molecular flexibility index (Phi) is 6.09. The summed E-state index contributed by atoms with van der Waals surface area (Å²) in [7, 11) is 0. The van der Waals surface area contributed by atoms with Crippen LogP contribution in [0.5, 0.6) is 11.5 Å². The number of carbonyl (C=O) groups excluding carboxylic acids is 1. The Bertz CT molecular complexity index is 1260. The molecule has 0 aromatic heterocycles. The van der Waals surface area contributed by atoms with E-state index in [-0.39, 0.29) is 5.97 Å². The molecule has 1 atom stereocenters. The number of alkyl halides is 1. The highest BCUT2D eigenvalue weighted by Crippen LogP contribution is 2.57. The van der Waals surface area contributed by atoms with Gasteiger partial charge in [-0.1, -0.05) is 29.8 Å². The first-order valence-electron chi connectivity index (χ1n) is 11.6. The number of benzene rings is 3. The second kappa shape index (κ2) is 9.05. The van der Waals surface area contributed by atoms with E-state index >= 15 is 0 Å². The van der Waals surface area contributed by atoms with Crippen LogP contribution in [0.2, 0.25) is 5.02 Å². The predicted octanol–water partition coefficient (Wildman–Crippen LogP) is 6.80. The van der Waals surface area contributed by atoms with Gasteiger partial charge < -0.3 is 19.7 Å². The van der Waals surface area contributed by atoms with Crippen molar-refractivity contribution in [2.75, 3.05) is 35.7 Å². The number of fused-ring (bicyclic) bond motifs is 6. The van der Waals surface area contributed by atoms with Crippen LogP contribution in [0, 0.1) is 0 Å². The molecule has 176 valence electrons. The monoisotopic (exact) mass is 496 g/mol. The van der Waals surface area contributed by atoms with E-state index < -0.39 is 5.60 Å². The average molecular weight is 497 g/mol. The van der Waals surface area contributed by atoms with Crippen molar-refractivity contribution in [3.63, 3.8) is 0 Å². The first kappa shape index (κ1) is 22.9. The van der Waals surface area contributed by atoms with Crippen LogP contribution >= 0.6 is 23.2 Å². The van der Waals surface area contributed by atoms with Crippen LogP contribution in [0.25, 0.3) is 0 Å². The number of hydrogen-bond acceptors (Lipinski definition) is 5. The third-order valence-electron chi connectivity index (χ3n) is 6.54. The largest absolute Gasteiger partial charge is 0.456 e. The Balaban J connectivity index is 1.74. The van der Waals surface area contributed by atoms with Crippen molar-refractivity contribution in [2.45, 2.75) is 25.9 Å². The number of nitrogens with zero attached hydrogens (tertiary/aromatic N) is 1. The summed E-state index contributed by atoms with van der Waals surface area (Å²) in [5, 5.41) is 3.88. The summed E-state index contributed by atoms with van der Waals surface area (Å²) in [5.74, 6) is 1.42. The summed E-state index contributed by atoms with van der Waals surface area (Å²) in [5.41, 5.74) is 3.57. The fourth-order valence-corrected chi connectivity index (χ4v) is 5.25. The number of nitrogens with one attached hydrogen (secondary N) is 1. The van der Waals surface area contributed by atoms with E-state index in [2.05, 4.69) is 30.1 Å². The molecule has 2 aliphatic heterocycles. The van der Waals surface area contributed by atoms with Crippen molar-refractivity contribution in [3.8, 4) is 11.5 Å². The number of rotatable bonds is 7. The van der Waals surface area contributed by atoms with E-state index in [1.807, 2.05) is 36.4 Å². The minimum absolute atomic E-state index is 0.353. The quantitative estimate of drug-likeness (QED) is 0.221. The second-order valence-corrected chi connectivity index (χ2v) is 9.15. The molecule has 2 heterocycles. The van der Waals surface area contributed by atoms with Crippen molar-refractivity contribution in [1.82, 2.24) is 0 Å². The van der Waals surface area contributed by atoms with Crippen LogP contribution in [0.15, 0.2) is 54.6 Å². The molecule has 0 radical (unpaired) electrons. The summed E-state index contributed by atoms with van der Waals surface area (Å²) >= 11 is 12.5. The number of ether oxygens (including phenoxy) is 2. The lowest BCUT2D eigenvalue weighted by molar-refractivity contribution is 0.0224. The number of anilines is 2. The highest BCUT2D eigenvalue weighted by atomic mass is 35.5. The molecule has 1 spiro atoms. The van der Waals surface area contributed by atoms with E-state index in [9.17, 15) is 4.79 Å². The topological polar surface area (TPSA) is 50.8 Å². The highest BCUT2D eigenvalue weighted by Gasteiger charge is 2.53. The Hall–Kier alpha value is -2.89. The molecule has 5 nitrogen and oxygen atoms in total. The highest BCUT2D eigenvalue weighted by molar-refractivity contribution is 6.33. The molecule has 0 saturated heterocycles. The standard InChI is InChI=1S/C27H26Cl2N2O3/c1-3-31(4-2)17-10-11-20-24(14-17)33-25-16-22(29)23(30-13-7-12-28)15-21(25)27(20)19-9-6-5-8-18(19)26(32)34-27/h5-6,8-11,14-16,30H,3-4,7,12-13H2,1-2H3. The zero-order valence-corrected chi connectivity index (χ0v) is 20.7. The maximum absolute atomic E-state index is 13.1. The fourth-order valence-electron chi connectivity index (χ4n) is 4.89. The molecule has 34 heavy (non-hydrogen) atoms. The van der Waals surface area contributed by atoms with Gasteiger partial charge in [0.1, 0.15) is 11.5 Å². The lowest BCUT2D eigenvalue weighted by atomic mass is 9.77. The zero-order valence-electron chi connectivity index (χ0n) is 19.2. The molecule has 5 rings (SSSR count). The smallest absolute Gasteiger partial charge is 0.340 e. The molecular weight excluding hydrogens is 471 g/mol. The van der Waals surface area contributed by atoms with Gasteiger partial charge in [0.05, 0.1) is 16.3 Å². The van der Waals surface area contributed by atoms with Gasteiger partial charge in [0.2, 0.25) is 0 Å². The minimum atomic E-state index is -1.12. The summed E-state index contributed by atoms with van der Waals surface area (Å²) < 4.78 is 12.7. The molecule has 1 N–H and O–H groups in total. The van der Waals surface area contributed by atoms with Crippen LogP contribution in [0.3, 0.4) is 0 Å². The maximum Gasteiger partial charge on any atom is 0.340 e. The number of esters is 1. The van der Waals surface area contributed by atoms with Crippen LogP contribution < -0.4 is 15.0 Å². The van der Waals surface area contributed by atoms with Gasteiger partial charge in [0.15, 0.2) is 5.60 Å². The summed E-state index contributed by atoms with van der Waals surface area (Å²) in [6.45, 7) is 6.66. The van der Waals surface area contributed by atoms with Gasteiger partial charge in [-0.05, 0) is 44.5 Å². The molecule has 3 aromatic carbocycles. The van der Waals surface area contributed by atoms with Gasteiger partial charge in [-0.25, -0.2) is 4.79 Å². The normalized spacial score (nSPS) is 17.5. The molecule has 3 aromatic rings. The van der Waals surface area contributed by atoms with Crippen molar-refractivity contribution < 1.29 is 14.3 Å². The maximum atomic E-state index is 13.1. The fraction of sp³-hybridized carbons (Fsp3) is 0.296. The molecular formula is C27H26Cl2N2O3. The minimum Gasteiger partial charge on any atom is -0.456 e. The van der Waals surface area contributed by atoms with Gasteiger partial charge in [-0.3, -0.25) is 0 Å². The average Bonchev–Trinajstić information content (AvgIpc) is 3.14. The molecule has 7 heteroatoms. The Morgan fingerprint density at radius 3 is 2.50 bits per heavy atom. The van der Waals surface area contributed by atoms with E-state index in [1.54, 1.807) is 12.1 Å². The first-order chi connectivity index (χ1) is 16.5. The van der Waals surface area contributed by atoms with Crippen LogP contribution in [0.4, 0.5) is 11.4 Å². The Morgan fingerprint density at radius 1 is 0.971 bits per heavy atom. The lowest BCUT2D eigenvalue weighted by Gasteiger charge is -2.37. The molecule has 1 unspecified atom stereocenters. The second-order valence-electron chi connectivity index (χ2n) is 8.37. The van der Waals surface area contributed by atoms with Gasteiger partial charge >= 0.3 is 5.97 Å². The van der Waals surface area contributed by atoms with Crippen LogP contribution in [0.1, 0.15) is 47.3 Å². The third-order valence-corrected chi connectivity index (χ3v) is 7.12. The Labute approximate surface area is 209 Å². The van der Waals surface area contributed by atoms with Gasteiger partial charge in [-0.2, -0.15) is 0 Å². The summed E-state index contributed by atoms with van der Waals surface area (Å²) in [6.07, 6.45) is 0.797. The van der Waals surface area contributed by atoms with Crippen LogP contribution in [-0.2, 0) is 10.3 Å². The van der Waals surface area contributed by atoms with Crippen molar-refractivity contribution in [1.29, 1.82) is 0 Å². The summed E-state index contributed by atoms with van der Waals surface area (Å²) in [4.78, 5) is 15.3. The van der Waals surface area contributed by atoms with Crippen molar-refractivity contribution >= 4 is 40.5 Å². The molecule has 0 bridgehead atoms. The number of carbonyl (C=O) groups is 1. The third kappa shape index (κ3) is 3.50. The SMILES string of the molecule is CCN(CC)c1ccc2c(c1)Oc1cc(Cl)c(NCCCCl)cc1C21OC(=O)c2ccccc21. The zero-order chi connectivity index (χ0) is 23.9. The van der Waals surface area contributed by atoms with E-state index in [4.69, 9.17) is 32.7 Å². The van der Waals surface area contributed by atoms with Gasteiger partial charge in [0, 0.05) is 60.0 Å². The van der Waals surface area contributed by atoms with Crippen LogP contribution in [-0.4, -0.2) is 31.5 Å². The molecule has 2 aliphatic rings.